The van der Waals surface area contributed by atoms with Crippen molar-refractivity contribution in [3.05, 3.63) is 29.3 Å². The van der Waals surface area contributed by atoms with Gasteiger partial charge in [0.2, 0.25) is 0 Å². The van der Waals surface area contributed by atoms with Crippen LogP contribution in [-0.2, 0) is 26.9 Å². The summed E-state index contributed by atoms with van der Waals surface area (Å²) < 4.78 is 27.3. The standard InChI is InChI=1S/C19H32BNO4S/c1-13(21-26(23)17(2,3)4)16-10-9-15(11-14(16)12-22)20-24-18(5,6)19(7,8)25-20/h9-11,13,21-22H,12H2,1-8H3/t13-,26?/m0/s1. The minimum atomic E-state index is -1.19. The van der Waals surface area contributed by atoms with Crippen LogP contribution in [0.25, 0.3) is 0 Å². The number of hydrogen-bond donors (Lipinski definition) is 2. The van der Waals surface area contributed by atoms with Crippen molar-refractivity contribution in [1.29, 1.82) is 0 Å². The molecular formula is C19H32BNO4S. The van der Waals surface area contributed by atoms with Gasteiger partial charge < -0.3 is 14.4 Å². The highest BCUT2D eigenvalue weighted by Gasteiger charge is 2.51. The van der Waals surface area contributed by atoms with Crippen molar-refractivity contribution in [3.8, 4) is 0 Å². The van der Waals surface area contributed by atoms with Gasteiger partial charge in [0, 0.05) is 6.04 Å². The van der Waals surface area contributed by atoms with E-state index in [0.717, 1.165) is 16.6 Å². The smallest absolute Gasteiger partial charge is 0.399 e. The van der Waals surface area contributed by atoms with E-state index < -0.39 is 29.3 Å². The highest BCUT2D eigenvalue weighted by Crippen LogP contribution is 2.36. The lowest BCUT2D eigenvalue weighted by Crippen LogP contribution is -2.41. The predicted molar refractivity (Wildman–Crippen MR) is 108 cm³/mol. The van der Waals surface area contributed by atoms with Crippen molar-refractivity contribution < 1.29 is 18.6 Å². The Morgan fingerprint density at radius 2 is 1.73 bits per heavy atom. The minimum Gasteiger partial charge on any atom is -0.399 e. The molecule has 2 atom stereocenters. The molecule has 5 nitrogen and oxygen atoms in total. The van der Waals surface area contributed by atoms with E-state index in [-0.39, 0.29) is 17.4 Å². The Bertz CT molecular complexity index is 669. The maximum Gasteiger partial charge on any atom is 0.494 e. The molecule has 0 aliphatic carbocycles. The van der Waals surface area contributed by atoms with Gasteiger partial charge in [-0.1, -0.05) is 18.2 Å². The topological polar surface area (TPSA) is 67.8 Å². The predicted octanol–water partition coefficient (Wildman–Crippen LogP) is 2.59. The van der Waals surface area contributed by atoms with Crippen LogP contribution in [0.1, 0.15) is 72.6 Å². The van der Waals surface area contributed by atoms with E-state index >= 15 is 0 Å². The van der Waals surface area contributed by atoms with Crippen LogP contribution in [-0.4, -0.2) is 32.4 Å². The fraction of sp³-hybridized carbons (Fsp3) is 0.684. The van der Waals surface area contributed by atoms with Crippen LogP contribution in [0.2, 0.25) is 0 Å². The average Bonchev–Trinajstić information content (AvgIpc) is 2.73. The Morgan fingerprint density at radius 3 is 2.19 bits per heavy atom. The van der Waals surface area contributed by atoms with E-state index in [4.69, 9.17) is 9.31 Å². The molecule has 0 aromatic heterocycles. The number of hydrogen-bond acceptors (Lipinski definition) is 4. The third-order valence-electron chi connectivity index (χ3n) is 5.17. The van der Waals surface area contributed by atoms with E-state index in [1.165, 1.54) is 0 Å². The maximum absolute atomic E-state index is 12.4. The Balaban J connectivity index is 2.24. The zero-order chi connectivity index (χ0) is 19.9. The summed E-state index contributed by atoms with van der Waals surface area (Å²) in [5, 5.41) is 9.85. The first-order chi connectivity index (χ1) is 11.8. The number of aliphatic hydroxyl groups excluding tert-OH is 1. The Kier molecular flexibility index (Phi) is 6.11. The SMILES string of the molecule is C[C@H](NS(=O)C(C)(C)C)c1ccc(B2OC(C)(C)C(C)(C)O2)cc1CO. The number of aliphatic hydroxyl groups is 1. The maximum atomic E-state index is 12.4. The molecule has 146 valence electrons. The first-order valence-corrected chi connectivity index (χ1v) is 10.2. The van der Waals surface area contributed by atoms with Crippen molar-refractivity contribution in [2.24, 2.45) is 0 Å². The van der Waals surface area contributed by atoms with Crippen molar-refractivity contribution in [1.82, 2.24) is 4.72 Å². The largest absolute Gasteiger partial charge is 0.494 e. The lowest BCUT2D eigenvalue weighted by atomic mass is 9.77. The van der Waals surface area contributed by atoms with Gasteiger partial charge in [0.1, 0.15) is 0 Å². The van der Waals surface area contributed by atoms with Crippen molar-refractivity contribution in [3.63, 3.8) is 0 Å². The van der Waals surface area contributed by atoms with Gasteiger partial charge in [0.15, 0.2) is 0 Å². The molecule has 26 heavy (non-hydrogen) atoms. The molecule has 7 heteroatoms. The van der Waals surface area contributed by atoms with Gasteiger partial charge >= 0.3 is 7.12 Å². The minimum absolute atomic E-state index is 0.100. The molecule has 1 saturated heterocycles. The van der Waals surface area contributed by atoms with Gasteiger partial charge in [-0.15, -0.1) is 0 Å². The Morgan fingerprint density at radius 1 is 1.19 bits per heavy atom. The van der Waals surface area contributed by atoms with E-state index in [1.54, 1.807) is 0 Å². The van der Waals surface area contributed by atoms with Crippen LogP contribution in [0.15, 0.2) is 18.2 Å². The molecule has 2 N–H and O–H groups in total. The number of rotatable bonds is 5. The van der Waals surface area contributed by atoms with Gasteiger partial charge in [-0.3, -0.25) is 0 Å². The second kappa shape index (κ2) is 7.36. The molecule has 1 aromatic carbocycles. The second-order valence-electron chi connectivity index (χ2n) is 8.93. The third-order valence-corrected chi connectivity index (χ3v) is 6.85. The summed E-state index contributed by atoms with van der Waals surface area (Å²) in [5.74, 6) is 0. The molecule has 1 aliphatic rings. The zero-order valence-electron chi connectivity index (χ0n) is 17.2. The van der Waals surface area contributed by atoms with Crippen LogP contribution in [0, 0.1) is 0 Å². The summed E-state index contributed by atoms with van der Waals surface area (Å²) in [7, 11) is -1.65. The van der Waals surface area contributed by atoms with Crippen molar-refractivity contribution >= 4 is 23.6 Å². The van der Waals surface area contributed by atoms with E-state index in [9.17, 15) is 9.32 Å². The molecule has 0 amide bonds. The Labute approximate surface area is 160 Å². The van der Waals surface area contributed by atoms with Gasteiger partial charge in [0.05, 0.1) is 33.5 Å². The summed E-state index contributed by atoms with van der Waals surface area (Å²) in [4.78, 5) is 0. The molecule has 1 unspecified atom stereocenters. The molecule has 0 bridgehead atoms. The number of nitrogens with one attached hydrogen (secondary N) is 1. The molecule has 1 heterocycles. The van der Waals surface area contributed by atoms with Crippen LogP contribution < -0.4 is 10.2 Å². The van der Waals surface area contributed by atoms with E-state index in [1.807, 2.05) is 73.6 Å². The number of benzene rings is 1. The fourth-order valence-corrected chi connectivity index (χ4v) is 3.51. The Hall–Kier alpha value is -0.725. The molecular weight excluding hydrogens is 349 g/mol. The van der Waals surface area contributed by atoms with E-state index in [0.29, 0.717) is 0 Å². The van der Waals surface area contributed by atoms with Gasteiger partial charge in [-0.25, -0.2) is 8.93 Å². The summed E-state index contributed by atoms with van der Waals surface area (Å²) in [6.45, 7) is 15.7. The van der Waals surface area contributed by atoms with Crippen molar-refractivity contribution in [2.45, 2.75) is 84.0 Å². The average molecular weight is 381 g/mol. The van der Waals surface area contributed by atoms with E-state index in [2.05, 4.69) is 4.72 Å². The van der Waals surface area contributed by atoms with Crippen molar-refractivity contribution in [2.75, 3.05) is 0 Å². The lowest BCUT2D eigenvalue weighted by Gasteiger charge is -2.32. The monoisotopic (exact) mass is 381 g/mol. The fourth-order valence-electron chi connectivity index (χ4n) is 2.71. The van der Waals surface area contributed by atoms with Gasteiger partial charge in [-0.05, 0) is 72.0 Å². The summed E-state index contributed by atoms with van der Waals surface area (Å²) in [6.07, 6.45) is 0. The van der Waals surface area contributed by atoms with Crippen LogP contribution in [0.3, 0.4) is 0 Å². The highest BCUT2D eigenvalue weighted by molar-refractivity contribution is 7.84. The summed E-state index contributed by atoms with van der Waals surface area (Å²) in [6, 6.07) is 5.66. The summed E-state index contributed by atoms with van der Waals surface area (Å²) in [5.41, 5.74) is 1.76. The normalized spacial score (nSPS) is 21.7. The molecule has 0 spiro atoms. The lowest BCUT2D eigenvalue weighted by molar-refractivity contribution is 0.00578. The second-order valence-corrected chi connectivity index (χ2v) is 10.9. The molecule has 0 saturated carbocycles. The quantitative estimate of drug-likeness (QED) is 0.770. The first kappa shape index (κ1) is 21.6. The zero-order valence-corrected chi connectivity index (χ0v) is 18.0. The molecule has 1 aliphatic heterocycles. The van der Waals surface area contributed by atoms with Gasteiger partial charge in [0.25, 0.3) is 0 Å². The molecule has 1 aromatic rings. The molecule has 2 rings (SSSR count). The van der Waals surface area contributed by atoms with Crippen LogP contribution in [0.4, 0.5) is 0 Å². The highest BCUT2D eigenvalue weighted by atomic mass is 32.2. The van der Waals surface area contributed by atoms with Crippen LogP contribution in [0.5, 0.6) is 0 Å². The van der Waals surface area contributed by atoms with Gasteiger partial charge in [-0.2, -0.15) is 0 Å². The first-order valence-electron chi connectivity index (χ1n) is 9.06. The molecule has 0 radical (unpaired) electrons. The molecule has 1 fully saturated rings. The third kappa shape index (κ3) is 4.39. The van der Waals surface area contributed by atoms with Crippen LogP contribution >= 0.6 is 0 Å². The summed E-state index contributed by atoms with van der Waals surface area (Å²) >= 11 is 0.